The van der Waals surface area contributed by atoms with E-state index in [0.717, 1.165) is 35.6 Å². The molecule has 0 saturated heterocycles. The highest BCUT2D eigenvalue weighted by Crippen LogP contribution is 2.53. The Morgan fingerprint density at radius 3 is 2.37 bits per heavy atom. The van der Waals surface area contributed by atoms with Crippen molar-refractivity contribution in [3.8, 4) is 5.88 Å². The van der Waals surface area contributed by atoms with Crippen molar-refractivity contribution in [1.29, 1.82) is 0 Å². The zero-order valence-electron chi connectivity index (χ0n) is 21.5. The van der Waals surface area contributed by atoms with E-state index >= 15 is 0 Å². The molecule has 4 aliphatic carbocycles. The predicted molar refractivity (Wildman–Crippen MR) is 146 cm³/mol. The molecule has 7 nitrogen and oxygen atoms in total. The third kappa shape index (κ3) is 7.67. The fraction of sp³-hybridized carbons (Fsp3) is 0.840. The van der Waals surface area contributed by atoms with Gasteiger partial charge in [0.25, 0.3) is 11.8 Å². The van der Waals surface area contributed by atoms with Gasteiger partial charge >= 0.3 is 0 Å². The first-order valence-corrected chi connectivity index (χ1v) is 13.7. The first-order chi connectivity index (χ1) is 15.8. The van der Waals surface area contributed by atoms with Gasteiger partial charge in [-0.2, -0.15) is 0 Å². The summed E-state index contributed by atoms with van der Waals surface area (Å²) in [7, 11) is 0. The van der Waals surface area contributed by atoms with Gasteiger partial charge in [0, 0.05) is 36.8 Å². The molecule has 0 atom stereocenters. The molecule has 4 bridgehead atoms. The van der Waals surface area contributed by atoms with Gasteiger partial charge in [-0.05, 0) is 66.9 Å². The molecule has 0 radical (unpaired) electrons. The van der Waals surface area contributed by atoms with Crippen LogP contribution in [0.4, 0.5) is 0 Å². The van der Waals surface area contributed by atoms with Gasteiger partial charge in [0.2, 0.25) is 5.76 Å². The molecule has 0 spiro atoms. The van der Waals surface area contributed by atoms with Crippen LogP contribution in [0.15, 0.2) is 9.42 Å². The van der Waals surface area contributed by atoms with Crippen molar-refractivity contribution in [3.63, 3.8) is 0 Å². The summed E-state index contributed by atoms with van der Waals surface area (Å²) in [6, 6.07) is 0.273. The molecule has 202 valence electrons. The Morgan fingerprint density at radius 1 is 1.17 bits per heavy atom. The van der Waals surface area contributed by atoms with Crippen molar-refractivity contribution in [2.24, 2.45) is 40.7 Å². The average molecular weight is 552 g/mol. The molecule has 1 amide bonds. The van der Waals surface area contributed by atoms with E-state index in [4.69, 9.17) is 15.0 Å². The number of nitrogens with zero attached hydrogens (tertiary/aromatic N) is 1. The number of hydrogen-bond donors (Lipinski definition) is 3. The molecule has 0 unspecified atom stereocenters. The number of halogens is 2. The number of ether oxygens (including phenoxy) is 1. The molecule has 1 heterocycles. The molecule has 4 aliphatic rings. The molecule has 0 aromatic carbocycles. The molecule has 1 aromatic rings. The SMILES string of the molecule is CC(C)CSc1c(OCC(C)(C)CNCCN)noc1C(=O)NC1C2CC3CC(C2)CC1C3.Cl.Cl. The van der Waals surface area contributed by atoms with E-state index in [1.807, 2.05) is 0 Å². The number of nitrogens with one attached hydrogen (secondary N) is 2. The zero-order chi connectivity index (χ0) is 23.6. The minimum Gasteiger partial charge on any atom is -0.474 e. The maximum atomic E-state index is 13.4. The van der Waals surface area contributed by atoms with Gasteiger partial charge in [-0.1, -0.05) is 27.7 Å². The Hall–Kier alpha value is -0.670. The third-order valence-corrected chi connectivity index (χ3v) is 8.92. The van der Waals surface area contributed by atoms with Gasteiger partial charge in [0.15, 0.2) is 0 Å². The van der Waals surface area contributed by atoms with Gasteiger partial charge in [-0.3, -0.25) is 4.79 Å². The van der Waals surface area contributed by atoms with Gasteiger partial charge < -0.3 is 25.6 Å². The summed E-state index contributed by atoms with van der Waals surface area (Å²) in [6.45, 7) is 11.3. The van der Waals surface area contributed by atoms with E-state index in [0.29, 0.717) is 42.5 Å². The van der Waals surface area contributed by atoms with E-state index in [-0.39, 0.29) is 42.2 Å². The number of nitrogens with two attached hydrogens (primary N) is 1. The quantitative estimate of drug-likeness (QED) is 0.254. The summed E-state index contributed by atoms with van der Waals surface area (Å²) in [5, 5.41) is 10.9. The normalized spacial score (nSPS) is 26.9. The predicted octanol–water partition coefficient (Wildman–Crippen LogP) is 4.77. The molecule has 4 N–H and O–H groups in total. The Balaban J connectivity index is 0.00000216. The van der Waals surface area contributed by atoms with Crippen LogP contribution in [-0.2, 0) is 0 Å². The number of carbonyl (C=O) groups excluding carboxylic acids is 1. The largest absolute Gasteiger partial charge is 0.474 e. The van der Waals surface area contributed by atoms with Crippen molar-refractivity contribution in [1.82, 2.24) is 15.8 Å². The van der Waals surface area contributed by atoms with Gasteiger partial charge in [-0.15, -0.1) is 36.6 Å². The Bertz CT molecular complexity index is 793. The van der Waals surface area contributed by atoms with Crippen LogP contribution in [0.5, 0.6) is 5.88 Å². The van der Waals surface area contributed by atoms with Crippen molar-refractivity contribution >= 4 is 42.5 Å². The van der Waals surface area contributed by atoms with Crippen LogP contribution in [0.3, 0.4) is 0 Å². The van der Waals surface area contributed by atoms with Crippen LogP contribution in [0.1, 0.15) is 70.4 Å². The van der Waals surface area contributed by atoms with Gasteiger partial charge in [-0.25, -0.2) is 0 Å². The van der Waals surface area contributed by atoms with Crippen molar-refractivity contribution in [3.05, 3.63) is 5.76 Å². The topological polar surface area (TPSA) is 102 Å². The summed E-state index contributed by atoms with van der Waals surface area (Å²) >= 11 is 1.61. The molecule has 1 aromatic heterocycles. The summed E-state index contributed by atoms with van der Waals surface area (Å²) < 4.78 is 11.7. The van der Waals surface area contributed by atoms with Crippen LogP contribution in [-0.4, -0.2) is 49.1 Å². The van der Waals surface area contributed by atoms with Crippen molar-refractivity contribution < 1.29 is 14.1 Å². The number of rotatable bonds is 12. The van der Waals surface area contributed by atoms with Crippen LogP contribution >= 0.6 is 36.6 Å². The van der Waals surface area contributed by atoms with Crippen LogP contribution < -0.4 is 21.1 Å². The smallest absolute Gasteiger partial charge is 0.291 e. The fourth-order valence-electron chi connectivity index (χ4n) is 6.10. The third-order valence-electron chi connectivity index (χ3n) is 7.44. The van der Waals surface area contributed by atoms with E-state index < -0.39 is 0 Å². The first kappa shape index (κ1) is 30.6. The Labute approximate surface area is 227 Å². The minimum atomic E-state index is -0.134. The Morgan fingerprint density at radius 2 is 1.80 bits per heavy atom. The molecule has 0 aliphatic heterocycles. The second-order valence-corrected chi connectivity index (χ2v) is 12.7. The Kier molecular flexibility index (Phi) is 11.5. The van der Waals surface area contributed by atoms with E-state index in [1.54, 1.807) is 11.8 Å². The summed E-state index contributed by atoms with van der Waals surface area (Å²) in [5.74, 6) is 4.97. The average Bonchev–Trinajstić information content (AvgIpc) is 3.16. The lowest BCUT2D eigenvalue weighted by Gasteiger charge is -2.54. The number of aromatic nitrogens is 1. The molecule has 35 heavy (non-hydrogen) atoms. The summed E-state index contributed by atoms with van der Waals surface area (Å²) in [4.78, 5) is 14.1. The van der Waals surface area contributed by atoms with E-state index in [1.165, 1.54) is 32.1 Å². The van der Waals surface area contributed by atoms with E-state index in [2.05, 4.69) is 43.5 Å². The highest BCUT2D eigenvalue weighted by atomic mass is 35.5. The van der Waals surface area contributed by atoms with Crippen LogP contribution in [0.2, 0.25) is 0 Å². The second-order valence-electron chi connectivity index (χ2n) is 11.7. The van der Waals surface area contributed by atoms with Crippen molar-refractivity contribution in [2.45, 2.75) is 70.7 Å². The highest BCUT2D eigenvalue weighted by Gasteiger charge is 2.49. The molecule has 4 saturated carbocycles. The lowest BCUT2D eigenvalue weighted by Crippen LogP contribution is -2.55. The fourth-order valence-corrected chi connectivity index (χ4v) is 7.08. The second kappa shape index (κ2) is 13.2. The maximum Gasteiger partial charge on any atom is 0.291 e. The molecule has 5 rings (SSSR count). The number of thioether (sulfide) groups is 1. The number of hydrogen-bond acceptors (Lipinski definition) is 7. The highest BCUT2D eigenvalue weighted by molar-refractivity contribution is 7.99. The van der Waals surface area contributed by atoms with Crippen LogP contribution in [0.25, 0.3) is 0 Å². The summed E-state index contributed by atoms with van der Waals surface area (Å²) in [6.07, 6.45) is 6.48. The molecular formula is C25H44Cl2N4O3S. The van der Waals surface area contributed by atoms with Crippen molar-refractivity contribution in [2.75, 3.05) is 32.0 Å². The summed E-state index contributed by atoms with van der Waals surface area (Å²) in [5.41, 5.74) is 5.48. The first-order valence-electron chi connectivity index (χ1n) is 12.7. The monoisotopic (exact) mass is 550 g/mol. The lowest BCUT2D eigenvalue weighted by molar-refractivity contribution is -0.0124. The van der Waals surface area contributed by atoms with Gasteiger partial charge in [0.1, 0.15) is 4.90 Å². The van der Waals surface area contributed by atoms with Crippen LogP contribution in [0, 0.1) is 35.0 Å². The van der Waals surface area contributed by atoms with E-state index in [9.17, 15) is 4.79 Å². The maximum absolute atomic E-state index is 13.4. The van der Waals surface area contributed by atoms with Gasteiger partial charge in [0.05, 0.1) is 6.61 Å². The number of amides is 1. The molecule has 10 heteroatoms. The molecule has 4 fully saturated rings. The zero-order valence-corrected chi connectivity index (χ0v) is 24.0. The molecular weight excluding hydrogens is 507 g/mol. The lowest BCUT2D eigenvalue weighted by atomic mass is 9.54. The minimum absolute atomic E-state index is 0. The standard InChI is InChI=1S/C25H42N4O3S.2ClH/c1-15(2)12-33-22-21(32-29-24(22)31-14-25(3,4)13-27-6-5-26)23(30)28-20-18-8-16-7-17(10-18)11-19(20)9-16;;/h15-20,27H,5-14,26H2,1-4H3,(H,28,30);2*1H. The number of carbonyl (C=O) groups is 1.